The predicted octanol–water partition coefficient (Wildman–Crippen LogP) is 2.13. The Morgan fingerprint density at radius 1 is 1.27 bits per heavy atom. The Hall–Kier alpha value is 0.0934. The summed E-state index contributed by atoms with van der Waals surface area (Å²) >= 11 is 0. The van der Waals surface area contributed by atoms with Gasteiger partial charge in [-0.1, -0.05) is 19.8 Å². The van der Waals surface area contributed by atoms with Crippen LogP contribution in [0.1, 0.15) is 39.5 Å². The quantitative estimate of drug-likeness (QED) is 0.394. The molecule has 0 aromatic carbocycles. The normalized spacial score (nSPS) is 8.55. The molecule has 3 heteroatoms. The van der Waals surface area contributed by atoms with Crippen molar-refractivity contribution in [2.45, 2.75) is 39.5 Å². The summed E-state index contributed by atoms with van der Waals surface area (Å²) in [5.41, 5.74) is 0. The third-order valence-electron chi connectivity index (χ3n) is 1.29. The summed E-state index contributed by atoms with van der Waals surface area (Å²) in [5.74, 6) is -0.0593. The molecule has 11 heavy (non-hydrogen) atoms. The Labute approximate surface area is 81.5 Å². The van der Waals surface area contributed by atoms with E-state index in [0.717, 1.165) is 19.3 Å². The maximum atomic E-state index is 10.7. The fraction of sp³-hybridized carbons (Fsp3) is 0.875. The molecule has 0 atom stereocenters. The SMILES string of the molecule is CCCCCC(=O)OCC.[Zn]. The van der Waals surface area contributed by atoms with E-state index in [1.165, 1.54) is 0 Å². The zero-order valence-corrected chi connectivity index (χ0v) is 10.5. The second kappa shape index (κ2) is 10.1. The van der Waals surface area contributed by atoms with Crippen molar-refractivity contribution in [2.75, 3.05) is 6.61 Å². The van der Waals surface area contributed by atoms with E-state index in [1.807, 2.05) is 6.92 Å². The summed E-state index contributed by atoms with van der Waals surface area (Å²) < 4.78 is 4.75. The molecule has 0 saturated heterocycles. The predicted molar refractivity (Wildman–Crippen MR) is 40.8 cm³/mol. The topological polar surface area (TPSA) is 26.3 Å². The summed E-state index contributed by atoms with van der Waals surface area (Å²) in [6.45, 7) is 4.45. The molecular weight excluding hydrogens is 193 g/mol. The van der Waals surface area contributed by atoms with Gasteiger partial charge in [-0.15, -0.1) is 0 Å². The maximum absolute atomic E-state index is 10.7. The van der Waals surface area contributed by atoms with Crippen LogP contribution in [-0.2, 0) is 29.0 Å². The van der Waals surface area contributed by atoms with Crippen molar-refractivity contribution in [2.24, 2.45) is 0 Å². The van der Waals surface area contributed by atoms with E-state index < -0.39 is 0 Å². The van der Waals surface area contributed by atoms with Gasteiger partial charge >= 0.3 is 5.97 Å². The number of esters is 1. The molecule has 2 nitrogen and oxygen atoms in total. The average Bonchev–Trinajstić information content (AvgIpc) is 1.89. The van der Waals surface area contributed by atoms with Crippen molar-refractivity contribution in [1.29, 1.82) is 0 Å². The zero-order valence-electron chi connectivity index (χ0n) is 7.56. The van der Waals surface area contributed by atoms with Gasteiger partial charge < -0.3 is 4.74 Å². The Kier molecular flexibility index (Phi) is 12.5. The summed E-state index contributed by atoms with van der Waals surface area (Å²) in [4.78, 5) is 10.7. The van der Waals surface area contributed by atoms with Crippen molar-refractivity contribution in [3.63, 3.8) is 0 Å². The molecule has 0 amide bonds. The molecular formula is C8H16O2Zn. The average molecular weight is 210 g/mol. The van der Waals surface area contributed by atoms with Crippen LogP contribution in [0.25, 0.3) is 0 Å². The van der Waals surface area contributed by atoms with Crippen molar-refractivity contribution in [3.05, 3.63) is 0 Å². The number of carbonyl (C=O) groups excluding carboxylic acids is 1. The Bertz CT molecular complexity index is 94.1. The third-order valence-corrected chi connectivity index (χ3v) is 1.29. The first-order chi connectivity index (χ1) is 4.81. The molecule has 0 heterocycles. The number of ether oxygens (including phenoxy) is 1. The third kappa shape index (κ3) is 10.1. The van der Waals surface area contributed by atoms with E-state index in [4.69, 9.17) is 4.74 Å². The van der Waals surface area contributed by atoms with Crippen LogP contribution in [-0.4, -0.2) is 12.6 Å². The molecule has 0 bridgehead atoms. The van der Waals surface area contributed by atoms with E-state index in [2.05, 4.69) is 6.92 Å². The van der Waals surface area contributed by atoms with E-state index in [1.54, 1.807) is 0 Å². The van der Waals surface area contributed by atoms with E-state index >= 15 is 0 Å². The molecule has 0 fully saturated rings. The summed E-state index contributed by atoms with van der Waals surface area (Å²) in [6, 6.07) is 0. The Morgan fingerprint density at radius 2 is 1.91 bits per heavy atom. The first-order valence-corrected chi connectivity index (χ1v) is 3.96. The molecule has 0 N–H and O–H groups in total. The molecule has 0 spiro atoms. The Morgan fingerprint density at radius 3 is 2.36 bits per heavy atom. The Balaban J connectivity index is 0. The number of unbranched alkanes of at least 4 members (excludes halogenated alkanes) is 2. The van der Waals surface area contributed by atoms with Crippen LogP contribution in [0.15, 0.2) is 0 Å². The molecule has 0 aliphatic carbocycles. The van der Waals surface area contributed by atoms with Crippen LogP contribution in [0, 0.1) is 0 Å². The molecule has 0 aromatic heterocycles. The molecule has 0 saturated carbocycles. The van der Waals surface area contributed by atoms with E-state index in [9.17, 15) is 4.79 Å². The van der Waals surface area contributed by atoms with Gasteiger partial charge in [0.15, 0.2) is 0 Å². The maximum Gasteiger partial charge on any atom is 0.305 e. The second-order valence-corrected chi connectivity index (χ2v) is 2.26. The van der Waals surface area contributed by atoms with Crippen molar-refractivity contribution < 1.29 is 29.0 Å². The first-order valence-electron chi connectivity index (χ1n) is 3.96. The molecule has 0 aliphatic heterocycles. The van der Waals surface area contributed by atoms with Gasteiger partial charge in [0.05, 0.1) is 6.61 Å². The molecule has 0 aliphatic rings. The van der Waals surface area contributed by atoms with Crippen LogP contribution in [0.3, 0.4) is 0 Å². The van der Waals surface area contributed by atoms with Crippen LogP contribution in [0.5, 0.6) is 0 Å². The number of hydrogen-bond acceptors (Lipinski definition) is 2. The molecule has 0 radical (unpaired) electrons. The van der Waals surface area contributed by atoms with Crippen molar-refractivity contribution in [1.82, 2.24) is 0 Å². The van der Waals surface area contributed by atoms with Gasteiger partial charge in [-0.25, -0.2) is 0 Å². The number of carbonyl (C=O) groups is 1. The van der Waals surface area contributed by atoms with Crippen molar-refractivity contribution >= 4 is 5.97 Å². The van der Waals surface area contributed by atoms with Gasteiger partial charge in [0.1, 0.15) is 0 Å². The standard InChI is InChI=1S/C8H16O2.Zn/c1-3-5-6-7-8(9)10-4-2;/h3-7H2,1-2H3;. The van der Waals surface area contributed by atoms with E-state index in [-0.39, 0.29) is 25.4 Å². The summed E-state index contributed by atoms with van der Waals surface area (Å²) in [5, 5.41) is 0. The van der Waals surface area contributed by atoms with Crippen LogP contribution in [0.2, 0.25) is 0 Å². The molecule has 0 aromatic rings. The second-order valence-electron chi connectivity index (χ2n) is 2.26. The van der Waals surface area contributed by atoms with Gasteiger partial charge in [-0.05, 0) is 13.3 Å². The first kappa shape index (κ1) is 13.7. The van der Waals surface area contributed by atoms with Gasteiger partial charge in [0, 0.05) is 25.9 Å². The minimum atomic E-state index is -0.0593. The number of hydrogen-bond donors (Lipinski definition) is 0. The fourth-order valence-corrected chi connectivity index (χ4v) is 0.752. The van der Waals surface area contributed by atoms with Crippen LogP contribution in [0.4, 0.5) is 0 Å². The van der Waals surface area contributed by atoms with Crippen molar-refractivity contribution in [3.8, 4) is 0 Å². The summed E-state index contributed by atoms with van der Waals surface area (Å²) in [6.07, 6.45) is 3.83. The minimum absolute atomic E-state index is 0. The largest absolute Gasteiger partial charge is 0.466 e. The van der Waals surface area contributed by atoms with Gasteiger partial charge in [0.25, 0.3) is 0 Å². The molecule has 0 rings (SSSR count). The monoisotopic (exact) mass is 208 g/mol. The van der Waals surface area contributed by atoms with Gasteiger partial charge in [-0.3, -0.25) is 4.79 Å². The zero-order chi connectivity index (χ0) is 7.82. The van der Waals surface area contributed by atoms with Gasteiger partial charge in [0.2, 0.25) is 0 Å². The fourth-order valence-electron chi connectivity index (χ4n) is 0.752. The van der Waals surface area contributed by atoms with Gasteiger partial charge in [-0.2, -0.15) is 0 Å². The molecule has 0 unspecified atom stereocenters. The van der Waals surface area contributed by atoms with E-state index in [0.29, 0.717) is 13.0 Å². The summed E-state index contributed by atoms with van der Waals surface area (Å²) in [7, 11) is 0. The van der Waals surface area contributed by atoms with Crippen LogP contribution < -0.4 is 0 Å². The smallest absolute Gasteiger partial charge is 0.305 e. The molecule has 62 valence electrons. The van der Waals surface area contributed by atoms with Crippen LogP contribution >= 0.6 is 0 Å². The number of rotatable bonds is 5. The minimum Gasteiger partial charge on any atom is -0.466 e.